The number of ether oxygens (including phenoxy) is 1. The van der Waals surface area contributed by atoms with Crippen LogP contribution >= 0.6 is 0 Å². The van der Waals surface area contributed by atoms with Crippen molar-refractivity contribution in [2.24, 2.45) is 11.3 Å². The number of furan rings is 1. The number of hydrogen-bond acceptors (Lipinski definition) is 7. The van der Waals surface area contributed by atoms with Gasteiger partial charge < -0.3 is 18.8 Å². The molecule has 2 saturated heterocycles. The van der Waals surface area contributed by atoms with E-state index in [0.717, 1.165) is 32.7 Å². The highest BCUT2D eigenvalue weighted by Gasteiger charge is 2.48. The molecule has 2 atom stereocenters. The van der Waals surface area contributed by atoms with E-state index in [0.29, 0.717) is 29.9 Å². The Balaban J connectivity index is 1.46. The monoisotopic (exact) mass is 305 g/mol. The Hall–Kier alpha value is -1.70. The highest BCUT2D eigenvalue weighted by atomic mass is 16.5. The molecular formula is C15H19N3O4. The summed E-state index contributed by atoms with van der Waals surface area (Å²) in [6.45, 7) is 3.98. The van der Waals surface area contributed by atoms with Crippen molar-refractivity contribution in [3.63, 3.8) is 0 Å². The average Bonchev–Trinajstić information content (AvgIpc) is 3.26. The highest BCUT2D eigenvalue weighted by molar-refractivity contribution is 5.44. The Bertz CT molecular complexity index is 627. The molecule has 0 saturated carbocycles. The van der Waals surface area contributed by atoms with Crippen LogP contribution in [0.15, 0.2) is 27.3 Å². The molecule has 1 N–H and O–H groups in total. The zero-order chi connectivity index (χ0) is 15.0. The van der Waals surface area contributed by atoms with Gasteiger partial charge in [-0.15, -0.1) is 0 Å². The number of likely N-dealkylation sites (tertiary alicyclic amines) is 1. The molecule has 2 aliphatic heterocycles. The van der Waals surface area contributed by atoms with Gasteiger partial charge in [-0.05, 0) is 18.6 Å². The van der Waals surface area contributed by atoms with Crippen molar-refractivity contribution in [2.75, 3.05) is 32.9 Å². The molecule has 7 nitrogen and oxygen atoms in total. The zero-order valence-electron chi connectivity index (χ0n) is 12.3. The molecule has 7 heteroatoms. The summed E-state index contributed by atoms with van der Waals surface area (Å²) >= 11 is 0. The highest BCUT2D eigenvalue weighted by Crippen LogP contribution is 2.42. The number of aliphatic hydroxyl groups is 1. The van der Waals surface area contributed by atoms with Gasteiger partial charge in [0.2, 0.25) is 11.7 Å². The third-order valence-corrected chi connectivity index (χ3v) is 4.83. The van der Waals surface area contributed by atoms with Crippen LogP contribution in [0.3, 0.4) is 0 Å². The standard InChI is InChI=1S/C15H19N3O4/c19-10-15-3-5-20-8-11(15)6-18(9-15)7-13-16-14(17-22-13)12-2-1-4-21-12/h1-2,4,11,19H,3,5-10H2/t11-,15-/m1/s1. The van der Waals surface area contributed by atoms with Crippen LogP contribution in [0.4, 0.5) is 0 Å². The normalized spacial score (nSPS) is 28.9. The fourth-order valence-electron chi connectivity index (χ4n) is 3.55. The molecule has 2 aliphatic rings. The molecule has 118 valence electrons. The van der Waals surface area contributed by atoms with Gasteiger partial charge in [0.05, 0.1) is 26.0 Å². The fraction of sp³-hybridized carbons (Fsp3) is 0.600. The number of hydrogen-bond donors (Lipinski definition) is 1. The van der Waals surface area contributed by atoms with Crippen LogP contribution in [0.25, 0.3) is 11.6 Å². The predicted octanol–water partition coefficient (Wildman–Crippen LogP) is 1.16. The third-order valence-electron chi connectivity index (χ3n) is 4.83. The molecule has 2 aromatic rings. The summed E-state index contributed by atoms with van der Waals surface area (Å²) in [5, 5.41) is 13.8. The summed E-state index contributed by atoms with van der Waals surface area (Å²) in [6.07, 6.45) is 2.49. The van der Waals surface area contributed by atoms with Crippen molar-refractivity contribution in [3.05, 3.63) is 24.3 Å². The summed E-state index contributed by atoms with van der Waals surface area (Å²) in [5.74, 6) is 2.01. The van der Waals surface area contributed by atoms with Crippen LogP contribution in [0.2, 0.25) is 0 Å². The van der Waals surface area contributed by atoms with Crippen molar-refractivity contribution < 1.29 is 18.8 Å². The third kappa shape index (κ3) is 2.35. The van der Waals surface area contributed by atoms with E-state index < -0.39 is 0 Å². The smallest absolute Gasteiger partial charge is 0.241 e. The van der Waals surface area contributed by atoms with Gasteiger partial charge in [0.25, 0.3) is 0 Å². The average molecular weight is 305 g/mol. The molecule has 2 aromatic heterocycles. The summed E-state index contributed by atoms with van der Waals surface area (Å²) in [7, 11) is 0. The predicted molar refractivity (Wildman–Crippen MR) is 75.7 cm³/mol. The van der Waals surface area contributed by atoms with Crippen molar-refractivity contribution >= 4 is 0 Å². The van der Waals surface area contributed by atoms with E-state index in [9.17, 15) is 5.11 Å². The first-order chi connectivity index (χ1) is 10.8. The summed E-state index contributed by atoms with van der Waals surface area (Å²) in [6, 6.07) is 3.60. The number of fused-ring (bicyclic) bond motifs is 1. The van der Waals surface area contributed by atoms with Gasteiger partial charge in [0.1, 0.15) is 0 Å². The molecule has 4 rings (SSSR count). The minimum atomic E-state index is -0.0396. The summed E-state index contributed by atoms with van der Waals surface area (Å²) < 4.78 is 16.1. The number of nitrogens with zero attached hydrogens (tertiary/aromatic N) is 3. The van der Waals surface area contributed by atoms with Crippen LogP contribution in [0.5, 0.6) is 0 Å². The van der Waals surface area contributed by atoms with E-state index in [1.165, 1.54) is 0 Å². The van der Waals surface area contributed by atoms with Gasteiger partial charge in [-0.3, -0.25) is 4.90 Å². The Morgan fingerprint density at radius 3 is 3.18 bits per heavy atom. The molecule has 0 amide bonds. The van der Waals surface area contributed by atoms with Gasteiger partial charge in [-0.25, -0.2) is 0 Å². The lowest BCUT2D eigenvalue weighted by molar-refractivity contribution is -0.0417. The van der Waals surface area contributed by atoms with Crippen molar-refractivity contribution in [2.45, 2.75) is 13.0 Å². The number of rotatable bonds is 4. The minimum Gasteiger partial charge on any atom is -0.461 e. The maximum absolute atomic E-state index is 9.82. The molecule has 0 spiro atoms. The van der Waals surface area contributed by atoms with E-state index in [2.05, 4.69) is 15.0 Å². The van der Waals surface area contributed by atoms with E-state index in [1.54, 1.807) is 18.4 Å². The Morgan fingerprint density at radius 1 is 1.45 bits per heavy atom. The first-order valence-corrected chi connectivity index (χ1v) is 7.56. The van der Waals surface area contributed by atoms with Gasteiger partial charge in [-0.1, -0.05) is 5.16 Å². The van der Waals surface area contributed by atoms with Crippen LogP contribution in [0, 0.1) is 11.3 Å². The molecule has 0 aliphatic carbocycles. The molecule has 0 bridgehead atoms. The quantitative estimate of drug-likeness (QED) is 0.907. The minimum absolute atomic E-state index is 0.0396. The topological polar surface area (TPSA) is 84.8 Å². The second-order valence-electron chi connectivity index (χ2n) is 6.20. The molecule has 2 fully saturated rings. The first kappa shape index (κ1) is 13.9. The van der Waals surface area contributed by atoms with Crippen LogP contribution in [0.1, 0.15) is 12.3 Å². The largest absolute Gasteiger partial charge is 0.461 e. The van der Waals surface area contributed by atoms with Gasteiger partial charge in [0.15, 0.2) is 5.76 Å². The second-order valence-corrected chi connectivity index (χ2v) is 6.20. The SMILES string of the molecule is OC[C@]12CCOC[C@H]1CN(Cc1nc(-c3ccco3)no1)C2. The molecule has 0 unspecified atom stereocenters. The maximum atomic E-state index is 9.82. The van der Waals surface area contributed by atoms with Gasteiger partial charge >= 0.3 is 0 Å². The van der Waals surface area contributed by atoms with E-state index in [4.69, 9.17) is 13.7 Å². The summed E-state index contributed by atoms with van der Waals surface area (Å²) in [5.41, 5.74) is -0.0396. The van der Waals surface area contributed by atoms with E-state index >= 15 is 0 Å². The summed E-state index contributed by atoms with van der Waals surface area (Å²) in [4.78, 5) is 6.63. The molecule has 4 heterocycles. The molecule has 22 heavy (non-hydrogen) atoms. The Labute approximate surface area is 127 Å². The van der Waals surface area contributed by atoms with Crippen molar-refractivity contribution in [3.8, 4) is 11.6 Å². The van der Waals surface area contributed by atoms with Crippen LogP contribution in [-0.4, -0.2) is 53.1 Å². The van der Waals surface area contributed by atoms with Crippen LogP contribution in [-0.2, 0) is 11.3 Å². The van der Waals surface area contributed by atoms with Gasteiger partial charge in [-0.2, -0.15) is 4.98 Å². The Kier molecular flexibility index (Phi) is 3.48. The van der Waals surface area contributed by atoms with E-state index in [1.807, 2.05) is 0 Å². The van der Waals surface area contributed by atoms with Crippen molar-refractivity contribution in [1.29, 1.82) is 0 Å². The van der Waals surface area contributed by atoms with Crippen LogP contribution < -0.4 is 0 Å². The maximum Gasteiger partial charge on any atom is 0.241 e. The number of aliphatic hydroxyl groups excluding tert-OH is 1. The molecule has 0 radical (unpaired) electrons. The lowest BCUT2D eigenvalue weighted by Gasteiger charge is -2.36. The lowest BCUT2D eigenvalue weighted by atomic mass is 9.75. The lowest BCUT2D eigenvalue weighted by Crippen LogP contribution is -2.41. The molecule has 0 aromatic carbocycles. The van der Waals surface area contributed by atoms with E-state index in [-0.39, 0.29) is 12.0 Å². The Morgan fingerprint density at radius 2 is 2.41 bits per heavy atom. The van der Waals surface area contributed by atoms with Crippen molar-refractivity contribution in [1.82, 2.24) is 15.0 Å². The second kappa shape index (κ2) is 5.49. The zero-order valence-corrected chi connectivity index (χ0v) is 12.3. The fourth-order valence-corrected chi connectivity index (χ4v) is 3.55. The number of aromatic nitrogens is 2. The molecular weight excluding hydrogens is 286 g/mol. The van der Waals surface area contributed by atoms with Gasteiger partial charge in [0, 0.05) is 31.0 Å². The first-order valence-electron chi connectivity index (χ1n) is 7.56.